The third-order valence-electron chi connectivity index (χ3n) is 6.24. The van der Waals surface area contributed by atoms with Gasteiger partial charge in [-0.1, -0.05) is 12.1 Å². The van der Waals surface area contributed by atoms with E-state index in [4.69, 9.17) is 9.15 Å². The van der Waals surface area contributed by atoms with Crippen LogP contribution in [-0.2, 0) is 19.5 Å². The van der Waals surface area contributed by atoms with Crippen molar-refractivity contribution in [2.24, 2.45) is 0 Å². The zero-order chi connectivity index (χ0) is 20.7. The maximum atomic E-state index is 12.1. The minimum atomic E-state index is -0.370. The number of rotatable bonds is 4. The van der Waals surface area contributed by atoms with Gasteiger partial charge in [0, 0.05) is 62.7 Å². The molecule has 0 aliphatic carbocycles. The number of benzene rings is 2. The second-order valence-corrected chi connectivity index (χ2v) is 8.27. The largest absolute Gasteiger partial charge is 0.508 e. The van der Waals surface area contributed by atoms with Gasteiger partial charge >= 0.3 is 5.63 Å². The minimum absolute atomic E-state index is 0.148. The van der Waals surface area contributed by atoms with E-state index in [-0.39, 0.29) is 11.4 Å². The topological polar surface area (TPSA) is 66.2 Å². The molecular weight excluding hydrogens is 380 g/mol. The average molecular weight is 406 g/mol. The van der Waals surface area contributed by atoms with E-state index in [1.807, 2.05) is 6.07 Å². The lowest BCUT2D eigenvalue weighted by Crippen LogP contribution is -2.45. The quantitative estimate of drug-likeness (QED) is 0.672. The highest BCUT2D eigenvalue weighted by Gasteiger charge is 2.20. The highest BCUT2D eigenvalue weighted by atomic mass is 16.5. The summed E-state index contributed by atoms with van der Waals surface area (Å²) in [6.07, 6.45) is 1.01. The van der Waals surface area contributed by atoms with Crippen LogP contribution < -0.4 is 10.4 Å². The molecule has 1 saturated heterocycles. The molecular formula is C24H26N2O4. The molecule has 0 saturated carbocycles. The molecule has 0 spiro atoms. The number of phenolic OH excluding ortho intramolecular Hbond substituents is 1. The van der Waals surface area contributed by atoms with Crippen molar-refractivity contribution in [3.63, 3.8) is 0 Å². The molecule has 5 rings (SSSR count). The molecule has 1 aromatic heterocycles. The number of aryl methyl sites for hydroxylation is 1. The molecule has 0 atom stereocenters. The van der Waals surface area contributed by atoms with Crippen LogP contribution in [0.15, 0.2) is 45.6 Å². The van der Waals surface area contributed by atoms with Gasteiger partial charge in [-0.3, -0.25) is 9.80 Å². The molecule has 0 bridgehead atoms. The first-order chi connectivity index (χ1) is 14.6. The Morgan fingerprint density at radius 2 is 1.77 bits per heavy atom. The zero-order valence-electron chi connectivity index (χ0n) is 17.2. The van der Waals surface area contributed by atoms with Crippen LogP contribution in [0.4, 0.5) is 0 Å². The molecule has 0 radical (unpaired) electrons. The van der Waals surface area contributed by atoms with Gasteiger partial charge in [0.05, 0.1) is 6.61 Å². The smallest absolute Gasteiger partial charge is 0.336 e. The van der Waals surface area contributed by atoms with Gasteiger partial charge in [0.25, 0.3) is 0 Å². The first-order valence-corrected chi connectivity index (χ1v) is 10.5. The van der Waals surface area contributed by atoms with E-state index < -0.39 is 0 Å². The van der Waals surface area contributed by atoms with Crippen molar-refractivity contribution in [2.75, 3.05) is 32.8 Å². The molecule has 2 aliphatic heterocycles. The summed E-state index contributed by atoms with van der Waals surface area (Å²) in [6.45, 7) is 8.12. The monoisotopic (exact) mass is 406 g/mol. The van der Waals surface area contributed by atoms with E-state index in [2.05, 4.69) is 28.0 Å². The van der Waals surface area contributed by atoms with Gasteiger partial charge in [0.2, 0.25) is 0 Å². The Balaban J connectivity index is 1.25. The highest BCUT2D eigenvalue weighted by Crippen LogP contribution is 2.29. The van der Waals surface area contributed by atoms with Crippen LogP contribution in [0.5, 0.6) is 11.5 Å². The summed E-state index contributed by atoms with van der Waals surface area (Å²) in [4.78, 5) is 16.9. The molecule has 1 fully saturated rings. The Morgan fingerprint density at radius 1 is 1.00 bits per heavy atom. The average Bonchev–Trinajstić information content (AvgIpc) is 3.20. The van der Waals surface area contributed by atoms with E-state index in [1.54, 1.807) is 19.1 Å². The Bertz CT molecular complexity index is 1150. The van der Waals surface area contributed by atoms with Crippen molar-refractivity contribution >= 4 is 11.0 Å². The molecule has 30 heavy (non-hydrogen) atoms. The highest BCUT2D eigenvalue weighted by molar-refractivity contribution is 5.84. The van der Waals surface area contributed by atoms with Crippen LogP contribution in [0.1, 0.15) is 22.3 Å². The number of hydrogen-bond donors (Lipinski definition) is 1. The van der Waals surface area contributed by atoms with Crippen molar-refractivity contribution in [2.45, 2.75) is 26.4 Å². The molecule has 0 amide bonds. The molecule has 3 heterocycles. The summed E-state index contributed by atoms with van der Waals surface area (Å²) >= 11 is 0. The molecule has 1 N–H and O–H groups in total. The SMILES string of the molecule is Cc1c(O)ccc2c(CN3CCN(Cc4ccc5c(c4)CCO5)CC3)cc(=O)oc12. The first-order valence-electron chi connectivity index (χ1n) is 10.5. The Hall–Kier alpha value is -2.83. The lowest BCUT2D eigenvalue weighted by Gasteiger charge is -2.35. The lowest BCUT2D eigenvalue weighted by molar-refractivity contribution is 0.122. The lowest BCUT2D eigenvalue weighted by atomic mass is 10.1. The Labute approximate surface area is 175 Å². The van der Waals surface area contributed by atoms with Gasteiger partial charge in [-0.2, -0.15) is 0 Å². The van der Waals surface area contributed by atoms with Crippen molar-refractivity contribution in [3.8, 4) is 11.5 Å². The normalized spacial score (nSPS) is 17.2. The molecule has 6 heteroatoms. The maximum Gasteiger partial charge on any atom is 0.336 e. The first kappa shape index (κ1) is 19.2. The summed E-state index contributed by atoms with van der Waals surface area (Å²) < 4.78 is 11.0. The van der Waals surface area contributed by atoms with Gasteiger partial charge in [0.15, 0.2) is 0 Å². The van der Waals surface area contributed by atoms with Gasteiger partial charge in [-0.15, -0.1) is 0 Å². The van der Waals surface area contributed by atoms with Crippen molar-refractivity contribution in [1.82, 2.24) is 9.80 Å². The molecule has 3 aromatic rings. The number of piperazine rings is 1. The summed E-state index contributed by atoms with van der Waals surface area (Å²) in [5, 5.41) is 10.8. The number of hydrogen-bond acceptors (Lipinski definition) is 6. The van der Waals surface area contributed by atoms with Crippen molar-refractivity contribution in [1.29, 1.82) is 0 Å². The van der Waals surface area contributed by atoms with Gasteiger partial charge in [0.1, 0.15) is 17.1 Å². The Kier molecular flexibility index (Phi) is 4.97. The number of aromatic hydroxyl groups is 1. The fourth-order valence-corrected chi connectivity index (χ4v) is 4.49. The van der Waals surface area contributed by atoms with Crippen LogP contribution in [0, 0.1) is 6.92 Å². The Morgan fingerprint density at radius 3 is 2.57 bits per heavy atom. The fourth-order valence-electron chi connectivity index (χ4n) is 4.49. The van der Waals surface area contributed by atoms with Gasteiger partial charge < -0.3 is 14.3 Å². The fraction of sp³-hybridized carbons (Fsp3) is 0.375. The number of ether oxygens (including phenoxy) is 1. The number of fused-ring (bicyclic) bond motifs is 2. The molecule has 2 aromatic carbocycles. The van der Waals surface area contributed by atoms with Crippen LogP contribution >= 0.6 is 0 Å². The zero-order valence-corrected chi connectivity index (χ0v) is 17.2. The van der Waals surface area contributed by atoms with Gasteiger partial charge in [-0.25, -0.2) is 4.79 Å². The summed E-state index contributed by atoms with van der Waals surface area (Å²) in [7, 11) is 0. The number of phenols is 1. The van der Waals surface area contributed by atoms with Crippen LogP contribution in [0.3, 0.4) is 0 Å². The minimum Gasteiger partial charge on any atom is -0.508 e. The van der Waals surface area contributed by atoms with E-state index in [9.17, 15) is 9.90 Å². The third kappa shape index (κ3) is 3.68. The molecule has 2 aliphatic rings. The van der Waals surface area contributed by atoms with Crippen LogP contribution in [-0.4, -0.2) is 47.7 Å². The van der Waals surface area contributed by atoms with E-state index in [0.29, 0.717) is 17.7 Å². The van der Waals surface area contributed by atoms with Crippen molar-refractivity contribution in [3.05, 3.63) is 69.1 Å². The maximum absolute atomic E-state index is 12.1. The van der Waals surface area contributed by atoms with E-state index >= 15 is 0 Å². The van der Waals surface area contributed by atoms with E-state index in [1.165, 1.54) is 11.1 Å². The van der Waals surface area contributed by atoms with Crippen LogP contribution in [0.25, 0.3) is 11.0 Å². The summed E-state index contributed by atoms with van der Waals surface area (Å²) in [5.74, 6) is 1.18. The van der Waals surface area contributed by atoms with Gasteiger partial charge in [-0.05, 0) is 41.8 Å². The summed E-state index contributed by atoms with van der Waals surface area (Å²) in [5.41, 5.74) is 4.34. The molecule has 0 unspecified atom stereocenters. The van der Waals surface area contributed by atoms with Crippen molar-refractivity contribution < 1.29 is 14.3 Å². The molecule has 156 valence electrons. The van der Waals surface area contributed by atoms with Crippen LogP contribution in [0.2, 0.25) is 0 Å². The standard InChI is InChI=1S/C24H26N2O4/c1-16-21(27)4-3-20-19(13-23(28)30-24(16)20)15-26-9-7-25(8-10-26)14-17-2-5-22-18(12-17)6-11-29-22/h2-5,12-13,27H,6-11,14-15H2,1H3. The predicted molar refractivity (Wildman–Crippen MR) is 115 cm³/mol. The summed E-state index contributed by atoms with van der Waals surface area (Å²) in [6, 6.07) is 11.6. The molecule has 6 nitrogen and oxygen atoms in total. The predicted octanol–water partition coefficient (Wildman–Crippen LogP) is 3.06. The second-order valence-electron chi connectivity index (χ2n) is 8.27. The number of nitrogens with zero attached hydrogens (tertiary/aromatic N) is 2. The second kappa shape index (κ2) is 7.78. The van der Waals surface area contributed by atoms with E-state index in [0.717, 1.165) is 62.5 Å². The third-order valence-corrected chi connectivity index (χ3v) is 6.24.